The topological polar surface area (TPSA) is 72.0 Å². The lowest BCUT2D eigenvalue weighted by Crippen LogP contribution is -2.21. The summed E-state index contributed by atoms with van der Waals surface area (Å²) in [5.41, 5.74) is 1.28. The van der Waals surface area contributed by atoms with E-state index in [0.29, 0.717) is 11.4 Å². The van der Waals surface area contributed by atoms with Crippen molar-refractivity contribution in [3.8, 4) is 0 Å². The minimum atomic E-state index is -3.52. The Morgan fingerprint density at radius 2 is 1.69 bits per heavy atom. The summed E-state index contributed by atoms with van der Waals surface area (Å²) in [5, 5.41) is -0.174. The van der Waals surface area contributed by atoms with Gasteiger partial charge in [0, 0.05) is 11.4 Å². The van der Waals surface area contributed by atoms with Crippen LogP contribution in [0.25, 0.3) is 0 Å². The van der Waals surface area contributed by atoms with Gasteiger partial charge in [-0.1, -0.05) is 0 Å². The fourth-order valence-electron chi connectivity index (χ4n) is 0.905. The Morgan fingerprint density at radius 3 is 2.08 bits per heavy atom. The maximum absolute atomic E-state index is 11.3. The molecular formula is C7H11N3O2S. The highest BCUT2D eigenvalue weighted by Crippen LogP contribution is 2.04. The van der Waals surface area contributed by atoms with Gasteiger partial charge < -0.3 is 0 Å². The second kappa shape index (κ2) is 3.39. The highest BCUT2D eigenvalue weighted by molar-refractivity contribution is 7.89. The molecule has 1 aromatic heterocycles. The largest absolute Gasteiger partial charge is 0.276 e. The monoisotopic (exact) mass is 201 g/mol. The van der Waals surface area contributed by atoms with E-state index in [1.165, 1.54) is 7.05 Å². The number of aryl methyl sites for hydroxylation is 2. The molecule has 0 radical (unpaired) electrons. The third-order valence-corrected chi connectivity index (χ3v) is 2.67. The van der Waals surface area contributed by atoms with Crippen molar-refractivity contribution in [2.45, 2.75) is 19.0 Å². The third kappa shape index (κ3) is 2.22. The van der Waals surface area contributed by atoms with Crippen molar-refractivity contribution in [1.82, 2.24) is 14.7 Å². The van der Waals surface area contributed by atoms with Gasteiger partial charge in [0.15, 0.2) is 0 Å². The molecule has 1 N–H and O–H groups in total. The number of hydrogen-bond acceptors (Lipinski definition) is 4. The van der Waals surface area contributed by atoms with Gasteiger partial charge >= 0.3 is 0 Å². The van der Waals surface area contributed by atoms with Gasteiger partial charge in [-0.25, -0.2) is 23.1 Å². The van der Waals surface area contributed by atoms with E-state index >= 15 is 0 Å². The number of nitrogens with one attached hydrogen (secondary N) is 1. The summed E-state index contributed by atoms with van der Waals surface area (Å²) in [7, 11) is -2.19. The molecule has 0 aliphatic heterocycles. The molecule has 0 unspecified atom stereocenters. The smallest absolute Gasteiger partial charge is 0.222 e. The quantitative estimate of drug-likeness (QED) is 0.684. The molecule has 0 atom stereocenters. The standard InChI is InChI=1S/C7H11N3O2S/c1-5-4-6(2)10-7(9-5)13(11,12)8-3/h4,8H,1-3H3. The van der Waals surface area contributed by atoms with Crippen LogP contribution in [0.2, 0.25) is 0 Å². The molecule has 1 rings (SSSR count). The van der Waals surface area contributed by atoms with Crippen molar-refractivity contribution >= 4 is 10.0 Å². The first-order valence-corrected chi connectivity index (χ1v) is 5.20. The molecule has 6 heteroatoms. The van der Waals surface area contributed by atoms with Crippen LogP contribution < -0.4 is 4.72 Å². The lowest BCUT2D eigenvalue weighted by atomic mass is 10.4. The predicted molar refractivity (Wildman–Crippen MR) is 47.8 cm³/mol. The van der Waals surface area contributed by atoms with Gasteiger partial charge in [-0.05, 0) is 27.0 Å². The molecule has 0 amide bonds. The Labute approximate surface area is 77.3 Å². The predicted octanol–water partition coefficient (Wildman–Crippen LogP) is 0.00154. The van der Waals surface area contributed by atoms with Crippen molar-refractivity contribution in [3.63, 3.8) is 0 Å². The fourth-order valence-corrected chi connectivity index (χ4v) is 1.62. The molecule has 0 aromatic carbocycles. The minimum Gasteiger partial charge on any atom is -0.222 e. The molecule has 0 fully saturated rings. The van der Waals surface area contributed by atoms with Crippen LogP contribution in [0, 0.1) is 13.8 Å². The van der Waals surface area contributed by atoms with Crippen LogP contribution in [-0.2, 0) is 10.0 Å². The van der Waals surface area contributed by atoms with Gasteiger partial charge in [0.25, 0.3) is 15.2 Å². The molecule has 0 saturated carbocycles. The zero-order valence-corrected chi connectivity index (χ0v) is 8.51. The second-order valence-corrected chi connectivity index (χ2v) is 4.42. The highest BCUT2D eigenvalue weighted by atomic mass is 32.2. The Hall–Kier alpha value is -1.01. The molecule has 0 spiro atoms. The Morgan fingerprint density at radius 1 is 1.23 bits per heavy atom. The molecule has 0 saturated heterocycles. The molecule has 13 heavy (non-hydrogen) atoms. The Kier molecular flexibility index (Phi) is 2.63. The maximum atomic E-state index is 11.3. The summed E-state index contributed by atoms with van der Waals surface area (Å²) >= 11 is 0. The number of nitrogens with zero attached hydrogens (tertiary/aromatic N) is 2. The first-order chi connectivity index (χ1) is 5.95. The summed E-state index contributed by atoms with van der Waals surface area (Å²) < 4.78 is 24.7. The summed E-state index contributed by atoms with van der Waals surface area (Å²) in [6.45, 7) is 3.45. The zero-order valence-electron chi connectivity index (χ0n) is 7.70. The van der Waals surface area contributed by atoms with Crippen LogP contribution in [0.5, 0.6) is 0 Å². The summed E-state index contributed by atoms with van der Waals surface area (Å²) in [4.78, 5) is 7.63. The Balaban J connectivity index is 3.32. The average Bonchev–Trinajstić information content (AvgIpc) is 2.02. The van der Waals surface area contributed by atoms with E-state index in [1.54, 1.807) is 19.9 Å². The molecule has 0 bridgehead atoms. The van der Waals surface area contributed by atoms with E-state index in [4.69, 9.17) is 0 Å². The van der Waals surface area contributed by atoms with Gasteiger partial charge in [0.2, 0.25) is 0 Å². The van der Waals surface area contributed by atoms with Crippen molar-refractivity contribution in [2.75, 3.05) is 7.05 Å². The van der Waals surface area contributed by atoms with E-state index in [2.05, 4.69) is 14.7 Å². The van der Waals surface area contributed by atoms with Gasteiger partial charge in [0.1, 0.15) is 0 Å². The number of hydrogen-bond donors (Lipinski definition) is 1. The lowest BCUT2D eigenvalue weighted by Gasteiger charge is -2.02. The van der Waals surface area contributed by atoms with E-state index in [-0.39, 0.29) is 5.16 Å². The molecule has 1 aromatic rings. The van der Waals surface area contributed by atoms with Crippen LogP contribution in [0.4, 0.5) is 0 Å². The fraction of sp³-hybridized carbons (Fsp3) is 0.429. The van der Waals surface area contributed by atoms with E-state index in [9.17, 15) is 8.42 Å². The Bertz CT molecular complexity index is 393. The first kappa shape index (κ1) is 10.1. The number of aromatic nitrogens is 2. The van der Waals surface area contributed by atoms with Crippen LogP contribution in [0.1, 0.15) is 11.4 Å². The molecule has 72 valence electrons. The van der Waals surface area contributed by atoms with Gasteiger partial charge in [-0.15, -0.1) is 0 Å². The van der Waals surface area contributed by atoms with Crippen molar-refractivity contribution < 1.29 is 8.42 Å². The number of sulfonamides is 1. The molecular weight excluding hydrogens is 190 g/mol. The average molecular weight is 201 g/mol. The van der Waals surface area contributed by atoms with Crippen molar-refractivity contribution in [1.29, 1.82) is 0 Å². The first-order valence-electron chi connectivity index (χ1n) is 3.71. The van der Waals surface area contributed by atoms with E-state index in [0.717, 1.165) is 0 Å². The van der Waals surface area contributed by atoms with Gasteiger partial charge in [-0.2, -0.15) is 0 Å². The van der Waals surface area contributed by atoms with Crippen LogP contribution in [0.3, 0.4) is 0 Å². The molecule has 5 nitrogen and oxygen atoms in total. The van der Waals surface area contributed by atoms with Gasteiger partial charge in [0.05, 0.1) is 0 Å². The van der Waals surface area contributed by atoms with E-state index in [1.807, 2.05) is 0 Å². The summed E-state index contributed by atoms with van der Waals surface area (Å²) in [5.74, 6) is 0. The van der Waals surface area contributed by atoms with Crippen LogP contribution in [0.15, 0.2) is 11.2 Å². The normalized spacial score (nSPS) is 11.6. The molecule has 1 heterocycles. The summed E-state index contributed by atoms with van der Waals surface area (Å²) in [6.07, 6.45) is 0. The van der Waals surface area contributed by atoms with Crippen molar-refractivity contribution in [2.24, 2.45) is 0 Å². The summed E-state index contributed by atoms with van der Waals surface area (Å²) in [6, 6.07) is 1.72. The lowest BCUT2D eigenvalue weighted by molar-refractivity contribution is 0.577. The maximum Gasteiger partial charge on any atom is 0.276 e. The molecule has 0 aliphatic rings. The second-order valence-electron chi connectivity index (χ2n) is 2.64. The van der Waals surface area contributed by atoms with Crippen LogP contribution >= 0.6 is 0 Å². The van der Waals surface area contributed by atoms with E-state index < -0.39 is 10.0 Å². The highest BCUT2D eigenvalue weighted by Gasteiger charge is 2.15. The van der Waals surface area contributed by atoms with Crippen LogP contribution in [-0.4, -0.2) is 25.4 Å². The van der Waals surface area contributed by atoms with Crippen molar-refractivity contribution in [3.05, 3.63) is 17.5 Å². The number of rotatable bonds is 2. The SMILES string of the molecule is CNS(=O)(=O)c1nc(C)cc(C)n1. The minimum absolute atomic E-state index is 0.174. The van der Waals surface area contributed by atoms with Gasteiger partial charge in [-0.3, -0.25) is 0 Å². The zero-order chi connectivity index (χ0) is 10.1. The third-order valence-electron chi connectivity index (χ3n) is 1.47. The molecule has 0 aliphatic carbocycles.